The Bertz CT molecular complexity index is 927. The molecule has 27 heavy (non-hydrogen) atoms. The molecule has 144 valence electrons. The molecule has 2 aromatic rings. The molecule has 1 aliphatic heterocycles. The van der Waals surface area contributed by atoms with E-state index in [0.29, 0.717) is 13.1 Å². The third-order valence-electron chi connectivity index (χ3n) is 5.12. The third kappa shape index (κ3) is 4.39. The van der Waals surface area contributed by atoms with Crippen LogP contribution in [0.15, 0.2) is 36.5 Å². The molecule has 2 fully saturated rings. The topological polar surface area (TPSA) is 79.4 Å². The Labute approximate surface area is 163 Å². The van der Waals surface area contributed by atoms with Crippen molar-refractivity contribution < 1.29 is 13.2 Å². The lowest BCUT2D eigenvalue weighted by atomic mass is 10.1. The maximum Gasteiger partial charge on any atom is 0.226 e. The van der Waals surface area contributed by atoms with Gasteiger partial charge in [-0.2, -0.15) is 0 Å². The van der Waals surface area contributed by atoms with E-state index in [0.717, 1.165) is 41.0 Å². The monoisotopic (exact) mass is 405 g/mol. The maximum atomic E-state index is 12.9. The predicted octanol–water partition coefficient (Wildman–Crippen LogP) is 2.45. The van der Waals surface area contributed by atoms with Crippen LogP contribution < -0.4 is 4.72 Å². The number of nitrogens with zero attached hydrogens (tertiary/aromatic N) is 2. The zero-order chi connectivity index (χ0) is 19.0. The molecule has 1 saturated heterocycles. The summed E-state index contributed by atoms with van der Waals surface area (Å²) in [5.41, 5.74) is 1.15. The van der Waals surface area contributed by atoms with E-state index in [-0.39, 0.29) is 23.8 Å². The van der Waals surface area contributed by atoms with Crippen molar-refractivity contribution in [3.05, 3.63) is 41.5 Å². The van der Waals surface area contributed by atoms with Crippen LogP contribution >= 0.6 is 11.3 Å². The number of thiazole rings is 1. The molecule has 1 saturated carbocycles. The van der Waals surface area contributed by atoms with Crippen LogP contribution in [0.1, 0.15) is 30.2 Å². The lowest BCUT2D eigenvalue weighted by Gasteiger charge is -2.33. The van der Waals surface area contributed by atoms with Gasteiger partial charge in [0.15, 0.2) is 0 Å². The van der Waals surface area contributed by atoms with Crippen LogP contribution in [0.5, 0.6) is 0 Å². The van der Waals surface area contributed by atoms with E-state index in [2.05, 4.69) is 21.8 Å². The number of piperidine rings is 1. The van der Waals surface area contributed by atoms with Crippen molar-refractivity contribution in [3.8, 4) is 10.4 Å². The summed E-state index contributed by atoms with van der Waals surface area (Å²) in [7, 11) is -3.25. The molecule has 0 radical (unpaired) electrons. The van der Waals surface area contributed by atoms with Gasteiger partial charge in [-0.3, -0.25) is 4.79 Å². The fraction of sp³-hybridized carbons (Fsp3) is 0.474. The third-order valence-corrected chi connectivity index (χ3v) is 7.06. The Morgan fingerprint density at radius 1 is 1.30 bits per heavy atom. The Morgan fingerprint density at radius 3 is 2.81 bits per heavy atom. The lowest BCUT2D eigenvalue weighted by Crippen LogP contribution is -2.49. The van der Waals surface area contributed by atoms with Gasteiger partial charge in [-0.15, -0.1) is 11.3 Å². The van der Waals surface area contributed by atoms with Crippen molar-refractivity contribution in [2.24, 2.45) is 5.92 Å². The molecule has 0 bridgehead atoms. The molecule has 1 aliphatic carbocycles. The summed E-state index contributed by atoms with van der Waals surface area (Å²) >= 11 is 1.66. The first-order valence-electron chi connectivity index (χ1n) is 9.18. The van der Waals surface area contributed by atoms with Gasteiger partial charge in [0.25, 0.3) is 0 Å². The number of rotatable bonds is 5. The van der Waals surface area contributed by atoms with E-state index in [4.69, 9.17) is 0 Å². The first kappa shape index (κ1) is 18.6. The Morgan fingerprint density at radius 2 is 2.07 bits per heavy atom. The molecule has 2 aliphatic rings. The van der Waals surface area contributed by atoms with Crippen molar-refractivity contribution in [3.63, 3.8) is 0 Å². The zero-order valence-corrected chi connectivity index (χ0v) is 16.8. The molecule has 1 amide bonds. The zero-order valence-electron chi connectivity index (χ0n) is 15.2. The van der Waals surface area contributed by atoms with Crippen LogP contribution in [-0.4, -0.2) is 49.6 Å². The molecule has 4 rings (SSSR count). The van der Waals surface area contributed by atoms with Gasteiger partial charge < -0.3 is 4.90 Å². The highest BCUT2D eigenvalue weighted by Gasteiger charge is 2.48. The van der Waals surface area contributed by atoms with Gasteiger partial charge in [-0.05, 0) is 24.8 Å². The van der Waals surface area contributed by atoms with Crippen molar-refractivity contribution in [1.29, 1.82) is 0 Å². The van der Waals surface area contributed by atoms with Crippen LogP contribution in [0.4, 0.5) is 0 Å². The second kappa shape index (κ2) is 7.33. The van der Waals surface area contributed by atoms with Gasteiger partial charge in [0.05, 0.1) is 16.1 Å². The van der Waals surface area contributed by atoms with Gasteiger partial charge in [-0.1, -0.05) is 30.3 Å². The summed E-state index contributed by atoms with van der Waals surface area (Å²) < 4.78 is 25.5. The van der Waals surface area contributed by atoms with Crippen LogP contribution in [-0.2, 0) is 14.8 Å². The summed E-state index contributed by atoms with van der Waals surface area (Å²) in [6.45, 7) is 1.17. The molecule has 2 heterocycles. The second-order valence-corrected chi connectivity index (χ2v) is 10.2. The summed E-state index contributed by atoms with van der Waals surface area (Å²) in [5, 5.41) is 1.02. The number of amides is 1. The normalized spacial score (nSPS) is 25.4. The second-order valence-electron chi connectivity index (χ2n) is 7.39. The van der Waals surface area contributed by atoms with Gasteiger partial charge in [-0.25, -0.2) is 18.1 Å². The number of nitrogens with one attached hydrogen (secondary N) is 1. The molecule has 6 nitrogen and oxygen atoms in total. The number of likely N-dealkylation sites (tertiary alicyclic amines) is 1. The fourth-order valence-electron chi connectivity index (χ4n) is 3.75. The number of benzene rings is 1. The van der Waals surface area contributed by atoms with E-state index in [9.17, 15) is 13.2 Å². The van der Waals surface area contributed by atoms with Crippen molar-refractivity contribution in [2.45, 2.75) is 31.2 Å². The Hall–Kier alpha value is -1.77. The van der Waals surface area contributed by atoms with Crippen LogP contribution in [0.25, 0.3) is 10.4 Å². The number of sulfonamides is 1. The first-order valence-corrected chi connectivity index (χ1v) is 11.9. The molecule has 0 spiro atoms. The number of carbonyl (C=O) groups excluding carboxylic acids is 1. The smallest absolute Gasteiger partial charge is 0.226 e. The molecule has 1 N–H and O–H groups in total. The van der Waals surface area contributed by atoms with Gasteiger partial charge in [0.2, 0.25) is 15.9 Å². The van der Waals surface area contributed by atoms with Crippen molar-refractivity contribution in [1.82, 2.24) is 14.6 Å². The Kier molecular flexibility index (Phi) is 5.05. The SMILES string of the molecule is CS(=O)(=O)NC1CCCN(C(=O)C2CC2c2ncc(-c3ccccc3)s2)C1. The molecule has 3 atom stereocenters. The largest absolute Gasteiger partial charge is 0.341 e. The number of aromatic nitrogens is 1. The summed E-state index contributed by atoms with van der Waals surface area (Å²) in [6, 6.07) is 9.96. The minimum atomic E-state index is -3.25. The number of hydrogen-bond acceptors (Lipinski definition) is 5. The van der Waals surface area contributed by atoms with Crippen LogP contribution in [0.2, 0.25) is 0 Å². The minimum Gasteiger partial charge on any atom is -0.341 e. The van der Waals surface area contributed by atoms with Crippen molar-refractivity contribution in [2.75, 3.05) is 19.3 Å². The highest BCUT2D eigenvalue weighted by atomic mass is 32.2. The van der Waals surface area contributed by atoms with E-state index in [1.54, 1.807) is 11.3 Å². The van der Waals surface area contributed by atoms with E-state index >= 15 is 0 Å². The van der Waals surface area contributed by atoms with E-state index in [1.807, 2.05) is 29.3 Å². The lowest BCUT2D eigenvalue weighted by molar-refractivity contribution is -0.133. The van der Waals surface area contributed by atoms with E-state index in [1.165, 1.54) is 0 Å². The maximum absolute atomic E-state index is 12.9. The molecular weight excluding hydrogens is 382 g/mol. The van der Waals surface area contributed by atoms with E-state index < -0.39 is 10.0 Å². The van der Waals surface area contributed by atoms with Gasteiger partial charge in [0, 0.05) is 37.2 Å². The molecular formula is C19H23N3O3S2. The van der Waals surface area contributed by atoms with Gasteiger partial charge >= 0.3 is 0 Å². The molecule has 3 unspecified atom stereocenters. The molecule has 1 aromatic carbocycles. The minimum absolute atomic E-state index is 0.0169. The van der Waals surface area contributed by atoms with Crippen LogP contribution in [0, 0.1) is 5.92 Å². The predicted molar refractivity (Wildman–Crippen MR) is 106 cm³/mol. The molecule has 1 aromatic heterocycles. The summed E-state index contributed by atoms with van der Waals surface area (Å²) in [4.78, 5) is 20.4. The van der Waals surface area contributed by atoms with Gasteiger partial charge in [0.1, 0.15) is 0 Å². The fourth-order valence-corrected chi connectivity index (χ4v) is 5.65. The number of hydrogen-bond donors (Lipinski definition) is 1. The quantitative estimate of drug-likeness (QED) is 0.829. The first-order chi connectivity index (χ1) is 12.9. The van der Waals surface area contributed by atoms with Crippen LogP contribution in [0.3, 0.4) is 0 Å². The Balaban J connectivity index is 1.38. The standard InChI is InChI=1S/C19H23N3O3S2/c1-27(24,25)21-14-8-5-9-22(12-14)19(23)16-10-15(16)18-20-11-17(26-18)13-6-3-2-4-7-13/h2-4,6-7,11,14-16,21H,5,8-10,12H2,1H3. The molecule has 8 heteroatoms. The summed E-state index contributed by atoms with van der Waals surface area (Å²) in [6.07, 6.45) is 5.49. The highest BCUT2D eigenvalue weighted by molar-refractivity contribution is 7.88. The highest BCUT2D eigenvalue weighted by Crippen LogP contribution is 2.50. The average molecular weight is 406 g/mol. The summed E-state index contributed by atoms with van der Waals surface area (Å²) in [5.74, 6) is 0.316. The van der Waals surface area contributed by atoms with Crippen molar-refractivity contribution >= 4 is 27.3 Å². The number of carbonyl (C=O) groups is 1. The average Bonchev–Trinajstić information content (AvgIpc) is 3.28.